The van der Waals surface area contributed by atoms with Gasteiger partial charge in [0.15, 0.2) is 0 Å². The van der Waals surface area contributed by atoms with Crippen LogP contribution < -0.4 is 10.6 Å². The van der Waals surface area contributed by atoms with E-state index in [1.54, 1.807) is 6.33 Å². The van der Waals surface area contributed by atoms with Crippen molar-refractivity contribution in [1.82, 2.24) is 9.97 Å². The van der Waals surface area contributed by atoms with Gasteiger partial charge in [-0.05, 0) is 54.1 Å². The molecule has 0 saturated carbocycles. The van der Waals surface area contributed by atoms with Crippen molar-refractivity contribution >= 4 is 60.0 Å². The van der Waals surface area contributed by atoms with E-state index in [9.17, 15) is 0 Å². The molecule has 0 spiro atoms. The average Bonchev–Trinajstić information content (AvgIpc) is 2.68. The van der Waals surface area contributed by atoms with Gasteiger partial charge in [-0.1, -0.05) is 50.1 Å². The summed E-state index contributed by atoms with van der Waals surface area (Å²) < 4.78 is 2.10. The van der Waals surface area contributed by atoms with Gasteiger partial charge in [-0.3, -0.25) is 0 Å². The summed E-state index contributed by atoms with van der Waals surface area (Å²) in [7, 11) is 0. The zero-order chi connectivity index (χ0) is 18.6. The van der Waals surface area contributed by atoms with Gasteiger partial charge >= 0.3 is 0 Å². The van der Waals surface area contributed by atoms with Gasteiger partial charge in [0, 0.05) is 32.3 Å². The lowest BCUT2D eigenvalue weighted by Crippen LogP contribution is -2.00. The fraction of sp³-hybridized carbons (Fsp3) is 0.0476. The van der Waals surface area contributed by atoms with Crippen LogP contribution in [0.1, 0.15) is 5.56 Å². The first-order valence-corrected chi connectivity index (χ1v) is 10.0. The molecule has 4 rings (SSSR count). The van der Waals surface area contributed by atoms with Gasteiger partial charge in [0.05, 0.1) is 5.52 Å². The molecule has 1 aromatic heterocycles. The van der Waals surface area contributed by atoms with Crippen molar-refractivity contribution in [3.8, 4) is 0 Å². The first-order valence-electron chi connectivity index (χ1n) is 8.43. The van der Waals surface area contributed by atoms with Crippen LogP contribution in [0.5, 0.6) is 0 Å². The van der Waals surface area contributed by atoms with Gasteiger partial charge in [-0.2, -0.15) is 0 Å². The Morgan fingerprint density at radius 2 is 1.63 bits per heavy atom. The molecule has 0 bridgehead atoms. The molecule has 0 saturated heterocycles. The van der Waals surface area contributed by atoms with Gasteiger partial charge in [0.2, 0.25) is 0 Å². The fourth-order valence-electron chi connectivity index (χ4n) is 2.78. The number of nitrogens with zero attached hydrogens (tertiary/aromatic N) is 2. The second-order valence-corrected chi connectivity index (χ2v) is 7.90. The Hall–Kier alpha value is -2.44. The van der Waals surface area contributed by atoms with Crippen LogP contribution in [-0.2, 0) is 6.54 Å². The molecule has 134 valence electrons. The molecule has 0 radical (unpaired) electrons. The second-order valence-electron chi connectivity index (χ2n) is 6.07. The van der Waals surface area contributed by atoms with Gasteiger partial charge in [-0.25, -0.2) is 9.97 Å². The molecule has 0 amide bonds. The first-order chi connectivity index (χ1) is 13.2. The Morgan fingerprint density at radius 1 is 0.778 bits per heavy atom. The van der Waals surface area contributed by atoms with Crippen molar-refractivity contribution in [2.75, 3.05) is 10.6 Å². The number of nitrogens with one attached hydrogen (secondary N) is 2. The molecular formula is C21H16Br2N4. The summed E-state index contributed by atoms with van der Waals surface area (Å²) in [6.45, 7) is 0.751. The Morgan fingerprint density at radius 3 is 2.44 bits per heavy atom. The van der Waals surface area contributed by atoms with Crippen LogP contribution in [0.4, 0.5) is 17.2 Å². The number of hydrogen-bond acceptors (Lipinski definition) is 4. The number of aromatic nitrogens is 2. The van der Waals surface area contributed by atoms with E-state index in [0.29, 0.717) is 0 Å². The molecule has 0 atom stereocenters. The molecule has 4 aromatic rings. The summed E-state index contributed by atoms with van der Waals surface area (Å²) in [5.74, 6) is 0.783. The monoisotopic (exact) mass is 482 g/mol. The van der Waals surface area contributed by atoms with E-state index in [-0.39, 0.29) is 0 Å². The molecule has 0 fully saturated rings. The highest BCUT2D eigenvalue weighted by Gasteiger charge is 2.06. The smallest absolute Gasteiger partial charge is 0.141 e. The van der Waals surface area contributed by atoms with Crippen LogP contribution in [0, 0.1) is 0 Å². The van der Waals surface area contributed by atoms with E-state index in [2.05, 4.69) is 70.7 Å². The molecule has 27 heavy (non-hydrogen) atoms. The third-order valence-electron chi connectivity index (χ3n) is 4.13. The molecule has 0 unspecified atom stereocenters. The maximum atomic E-state index is 4.43. The number of fused-ring (bicyclic) bond motifs is 1. The van der Waals surface area contributed by atoms with Crippen LogP contribution in [0.3, 0.4) is 0 Å². The third-order valence-corrected chi connectivity index (χ3v) is 5.15. The number of rotatable bonds is 5. The highest BCUT2D eigenvalue weighted by atomic mass is 79.9. The summed E-state index contributed by atoms with van der Waals surface area (Å²) in [6, 6.07) is 22.4. The minimum Gasteiger partial charge on any atom is -0.381 e. The number of benzene rings is 3. The van der Waals surface area contributed by atoms with E-state index in [0.717, 1.165) is 43.6 Å². The van der Waals surface area contributed by atoms with Crippen molar-refractivity contribution < 1.29 is 0 Å². The normalized spacial score (nSPS) is 10.7. The Labute approximate surface area is 174 Å². The minimum absolute atomic E-state index is 0.751. The van der Waals surface area contributed by atoms with Crippen molar-refractivity contribution in [1.29, 1.82) is 0 Å². The number of anilines is 3. The Balaban J connectivity index is 1.59. The molecule has 2 N–H and O–H groups in total. The van der Waals surface area contributed by atoms with E-state index in [1.807, 2.05) is 48.5 Å². The summed E-state index contributed by atoms with van der Waals surface area (Å²) >= 11 is 6.96. The molecule has 0 aliphatic heterocycles. The van der Waals surface area contributed by atoms with Crippen LogP contribution in [0.25, 0.3) is 10.9 Å². The largest absolute Gasteiger partial charge is 0.381 e. The van der Waals surface area contributed by atoms with Gasteiger partial charge in [0.25, 0.3) is 0 Å². The van der Waals surface area contributed by atoms with Crippen LogP contribution in [0.2, 0.25) is 0 Å². The third kappa shape index (κ3) is 4.46. The average molecular weight is 484 g/mol. The van der Waals surface area contributed by atoms with Crippen molar-refractivity contribution in [2.24, 2.45) is 0 Å². The Kier molecular flexibility index (Phi) is 5.36. The topological polar surface area (TPSA) is 49.8 Å². The maximum absolute atomic E-state index is 4.43. The van der Waals surface area contributed by atoms with Crippen molar-refractivity contribution in [3.05, 3.63) is 87.6 Å². The molecule has 3 aromatic carbocycles. The quantitative estimate of drug-likeness (QED) is 0.339. The molecule has 6 heteroatoms. The second kappa shape index (κ2) is 8.06. The maximum Gasteiger partial charge on any atom is 0.141 e. The lowest BCUT2D eigenvalue weighted by Gasteiger charge is -2.11. The van der Waals surface area contributed by atoms with Crippen LogP contribution >= 0.6 is 31.9 Å². The lowest BCUT2D eigenvalue weighted by atomic mass is 10.2. The lowest BCUT2D eigenvalue weighted by molar-refractivity contribution is 1.15. The molecule has 1 heterocycles. The summed E-state index contributed by atoms with van der Waals surface area (Å²) in [4.78, 5) is 8.81. The predicted octanol–water partition coefficient (Wildman–Crippen LogP) is 6.51. The van der Waals surface area contributed by atoms with E-state index >= 15 is 0 Å². The first kappa shape index (κ1) is 17.9. The standard InChI is InChI=1S/C21H16Br2N4/c22-15-6-4-14(5-7-15)12-24-17-8-9-20-19(11-17)21(26-13-25-20)27-18-3-1-2-16(23)10-18/h1-11,13,24H,12H2,(H,25,26,27). The van der Waals surface area contributed by atoms with Crippen LogP contribution in [0.15, 0.2) is 82.0 Å². The highest BCUT2D eigenvalue weighted by molar-refractivity contribution is 9.10. The summed E-state index contributed by atoms with van der Waals surface area (Å²) in [5, 5.41) is 7.82. The zero-order valence-electron chi connectivity index (χ0n) is 14.3. The molecule has 0 aliphatic rings. The molecule has 0 aliphatic carbocycles. The van der Waals surface area contributed by atoms with E-state index in [4.69, 9.17) is 0 Å². The molecule has 4 nitrogen and oxygen atoms in total. The Bertz CT molecular complexity index is 1080. The van der Waals surface area contributed by atoms with E-state index in [1.165, 1.54) is 5.56 Å². The van der Waals surface area contributed by atoms with Crippen LogP contribution in [-0.4, -0.2) is 9.97 Å². The summed E-state index contributed by atoms with van der Waals surface area (Å²) in [5.41, 5.74) is 4.11. The van der Waals surface area contributed by atoms with E-state index < -0.39 is 0 Å². The highest BCUT2D eigenvalue weighted by Crippen LogP contribution is 2.27. The summed E-state index contributed by atoms with van der Waals surface area (Å²) in [6.07, 6.45) is 1.58. The van der Waals surface area contributed by atoms with Gasteiger partial charge in [-0.15, -0.1) is 0 Å². The SMILES string of the molecule is Brc1ccc(CNc2ccc3ncnc(Nc4cccc(Br)c4)c3c2)cc1. The molecular weight excluding hydrogens is 468 g/mol. The van der Waals surface area contributed by atoms with Crippen molar-refractivity contribution in [3.63, 3.8) is 0 Å². The van der Waals surface area contributed by atoms with Gasteiger partial charge in [0.1, 0.15) is 12.1 Å². The van der Waals surface area contributed by atoms with Gasteiger partial charge < -0.3 is 10.6 Å². The zero-order valence-corrected chi connectivity index (χ0v) is 17.5. The van der Waals surface area contributed by atoms with Crippen molar-refractivity contribution in [2.45, 2.75) is 6.54 Å². The fourth-order valence-corrected chi connectivity index (χ4v) is 3.44. The number of hydrogen-bond donors (Lipinski definition) is 2. The minimum atomic E-state index is 0.751. The predicted molar refractivity (Wildman–Crippen MR) is 118 cm³/mol. The number of halogens is 2.